The molecule has 0 spiro atoms. The third-order valence-corrected chi connectivity index (χ3v) is 4.13. The maximum Gasteiger partial charge on any atom is 0.151 e. The molecule has 2 aromatic heterocycles. The van der Waals surface area contributed by atoms with Crippen molar-refractivity contribution in [2.75, 3.05) is 31.1 Å². The Kier molecular flexibility index (Phi) is 4.40. The van der Waals surface area contributed by atoms with Gasteiger partial charge in [-0.05, 0) is 37.1 Å². The second-order valence-corrected chi connectivity index (χ2v) is 5.42. The minimum atomic E-state index is 0.403. The molecule has 1 saturated heterocycles. The van der Waals surface area contributed by atoms with Gasteiger partial charge in [0.1, 0.15) is 0 Å². The second-order valence-electron chi connectivity index (χ2n) is 5.42. The second kappa shape index (κ2) is 6.63. The monoisotopic (exact) mass is 283 g/mol. The first-order valence-corrected chi connectivity index (χ1v) is 7.51. The van der Waals surface area contributed by atoms with Crippen LogP contribution in [0.2, 0.25) is 0 Å². The van der Waals surface area contributed by atoms with Crippen LogP contribution in [0.3, 0.4) is 0 Å². The zero-order valence-corrected chi connectivity index (χ0v) is 12.4. The van der Waals surface area contributed by atoms with Crippen LogP contribution in [-0.2, 0) is 0 Å². The highest BCUT2D eigenvalue weighted by Crippen LogP contribution is 2.21. The predicted octanol–water partition coefficient (Wildman–Crippen LogP) is 2.14. The first-order valence-electron chi connectivity index (χ1n) is 7.51. The Hall–Kier alpha value is -2.01. The number of anilines is 1. The summed E-state index contributed by atoms with van der Waals surface area (Å²) in [5, 5.41) is 8.20. The molecule has 0 amide bonds. The number of hydrogen-bond donors (Lipinski definition) is 0. The maximum absolute atomic E-state index is 4.23. The zero-order chi connectivity index (χ0) is 14.5. The van der Waals surface area contributed by atoms with Crippen LogP contribution >= 0.6 is 0 Å². The van der Waals surface area contributed by atoms with Gasteiger partial charge in [0.05, 0.1) is 0 Å². The van der Waals surface area contributed by atoms with Gasteiger partial charge in [-0.2, -0.15) is 5.10 Å². The van der Waals surface area contributed by atoms with Gasteiger partial charge in [0.15, 0.2) is 5.82 Å². The van der Waals surface area contributed by atoms with Crippen LogP contribution < -0.4 is 4.90 Å². The van der Waals surface area contributed by atoms with Crippen molar-refractivity contribution in [1.82, 2.24) is 20.1 Å². The van der Waals surface area contributed by atoms with Crippen LogP contribution in [0.4, 0.5) is 5.82 Å². The number of rotatable bonds is 3. The number of aromatic nitrogens is 3. The number of pyridine rings is 1. The molecule has 5 nitrogen and oxygen atoms in total. The van der Waals surface area contributed by atoms with E-state index in [9.17, 15) is 0 Å². The molecule has 21 heavy (non-hydrogen) atoms. The molecule has 1 fully saturated rings. The molecule has 0 aromatic carbocycles. The Labute approximate surface area is 125 Å². The fraction of sp³-hybridized carbons (Fsp3) is 0.438. The molecule has 2 aromatic rings. The molecule has 1 unspecified atom stereocenters. The molecule has 1 aliphatic heterocycles. The maximum atomic E-state index is 4.23. The summed E-state index contributed by atoms with van der Waals surface area (Å²) in [7, 11) is 0. The third kappa shape index (κ3) is 3.36. The van der Waals surface area contributed by atoms with Crippen molar-refractivity contribution in [1.29, 1.82) is 0 Å². The highest BCUT2D eigenvalue weighted by molar-refractivity contribution is 5.36. The molecule has 0 radical (unpaired) electrons. The lowest BCUT2D eigenvalue weighted by Gasteiger charge is -2.28. The molecule has 1 aliphatic rings. The average Bonchev–Trinajstić information content (AvgIpc) is 2.82. The van der Waals surface area contributed by atoms with E-state index in [1.165, 1.54) is 5.56 Å². The fourth-order valence-electron chi connectivity index (χ4n) is 2.85. The van der Waals surface area contributed by atoms with E-state index in [1.807, 2.05) is 30.6 Å². The molecular formula is C16H21N5. The minimum Gasteiger partial charge on any atom is -0.354 e. The Bertz CT molecular complexity index is 545. The van der Waals surface area contributed by atoms with Crippen molar-refractivity contribution < 1.29 is 0 Å². The third-order valence-electron chi connectivity index (χ3n) is 4.13. The molecule has 3 rings (SSSR count). The van der Waals surface area contributed by atoms with Gasteiger partial charge >= 0.3 is 0 Å². The normalized spacial score (nSPS) is 18.2. The van der Waals surface area contributed by atoms with Gasteiger partial charge in [0, 0.05) is 50.8 Å². The lowest BCUT2D eigenvalue weighted by Crippen LogP contribution is -2.32. The SMILES string of the molecule is CC(c1cccnc1)N1CCCN(c2cccnn2)CC1. The summed E-state index contributed by atoms with van der Waals surface area (Å²) in [5.41, 5.74) is 1.28. The van der Waals surface area contributed by atoms with E-state index in [0.717, 1.165) is 38.4 Å². The molecule has 0 bridgehead atoms. The molecule has 0 saturated carbocycles. The summed E-state index contributed by atoms with van der Waals surface area (Å²) in [6.45, 7) is 6.42. The van der Waals surface area contributed by atoms with Crippen molar-refractivity contribution in [2.24, 2.45) is 0 Å². The van der Waals surface area contributed by atoms with E-state index in [0.29, 0.717) is 6.04 Å². The topological polar surface area (TPSA) is 45.2 Å². The lowest BCUT2D eigenvalue weighted by atomic mass is 10.1. The van der Waals surface area contributed by atoms with Crippen molar-refractivity contribution in [3.63, 3.8) is 0 Å². The van der Waals surface area contributed by atoms with Gasteiger partial charge in [-0.25, -0.2) is 0 Å². The first-order chi connectivity index (χ1) is 10.3. The molecular weight excluding hydrogens is 262 g/mol. The standard InChI is InChI=1S/C16H21N5/c1-14(15-5-2-7-17-13-15)20-9-4-10-21(12-11-20)16-6-3-8-18-19-16/h2-3,5-8,13-14H,4,9-12H2,1H3. The molecule has 0 aliphatic carbocycles. The predicted molar refractivity (Wildman–Crippen MR) is 83.1 cm³/mol. The van der Waals surface area contributed by atoms with Crippen LogP contribution in [0.5, 0.6) is 0 Å². The quantitative estimate of drug-likeness (QED) is 0.863. The molecule has 110 valence electrons. The van der Waals surface area contributed by atoms with Crippen LogP contribution in [0.25, 0.3) is 0 Å². The smallest absolute Gasteiger partial charge is 0.151 e. The van der Waals surface area contributed by atoms with Crippen molar-refractivity contribution in [2.45, 2.75) is 19.4 Å². The van der Waals surface area contributed by atoms with Gasteiger partial charge in [0.2, 0.25) is 0 Å². The van der Waals surface area contributed by atoms with E-state index in [4.69, 9.17) is 0 Å². The Morgan fingerprint density at radius 1 is 1.05 bits per heavy atom. The van der Waals surface area contributed by atoms with E-state index >= 15 is 0 Å². The van der Waals surface area contributed by atoms with Crippen LogP contribution in [0.15, 0.2) is 42.9 Å². The highest BCUT2D eigenvalue weighted by Gasteiger charge is 2.20. The summed E-state index contributed by atoms with van der Waals surface area (Å²) in [5.74, 6) is 0.980. The summed E-state index contributed by atoms with van der Waals surface area (Å²) in [4.78, 5) is 9.07. The Balaban J connectivity index is 1.66. The van der Waals surface area contributed by atoms with E-state index in [-0.39, 0.29) is 0 Å². The van der Waals surface area contributed by atoms with Gasteiger partial charge < -0.3 is 4.90 Å². The van der Waals surface area contributed by atoms with Crippen molar-refractivity contribution >= 4 is 5.82 Å². The lowest BCUT2D eigenvalue weighted by molar-refractivity contribution is 0.226. The number of nitrogens with zero attached hydrogens (tertiary/aromatic N) is 5. The van der Waals surface area contributed by atoms with Gasteiger partial charge in [-0.3, -0.25) is 9.88 Å². The Morgan fingerprint density at radius 3 is 2.71 bits per heavy atom. The van der Waals surface area contributed by atoms with E-state index < -0.39 is 0 Å². The fourth-order valence-corrected chi connectivity index (χ4v) is 2.85. The van der Waals surface area contributed by atoms with Crippen LogP contribution in [-0.4, -0.2) is 46.3 Å². The molecule has 1 atom stereocenters. The van der Waals surface area contributed by atoms with Gasteiger partial charge in [0.25, 0.3) is 0 Å². The van der Waals surface area contributed by atoms with E-state index in [1.54, 1.807) is 6.20 Å². The highest BCUT2D eigenvalue weighted by atomic mass is 15.3. The Morgan fingerprint density at radius 2 is 1.95 bits per heavy atom. The first kappa shape index (κ1) is 13.9. The average molecular weight is 283 g/mol. The summed E-state index contributed by atoms with van der Waals surface area (Å²) in [6.07, 6.45) is 6.66. The van der Waals surface area contributed by atoms with Crippen molar-refractivity contribution in [3.05, 3.63) is 48.4 Å². The summed E-state index contributed by atoms with van der Waals surface area (Å²) >= 11 is 0. The van der Waals surface area contributed by atoms with Gasteiger partial charge in [-0.1, -0.05) is 6.07 Å². The van der Waals surface area contributed by atoms with Gasteiger partial charge in [-0.15, -0.1) is 5.10 Å². The zero-order valence-electron chi connectivity index (χ0n) is 12.4. The van der Waals surface area contributed by atoms with E-state index in [2.05, 4.69) is 38.0 Å². The molecule has 0 N–H and O–H groups in total. The largest absolute Gasteiger partial charge is 0.354 e. The molecule has 5 heteroatoms. The van der Waals surface area contributed by atoms with Crippen molar-refractivity contribution in [3.8, 4) is 0 Å². The summed E-state index contributed by atoms with van der Waals surface area (Å²) in [6, 6.07) is 8.55. The summed E-state index contributed by atoms with van der Waals surface area (Å²) < 4.78 is 0. The van der Waals surface area contributed by atoms with Crippen LogP contribution in [0.1, 0.15) is 24.9 Å². The number of hydrogen-bond acceptors (Lipinski definition) is 5. The minimum absolute atomic E-state index is 0.403. The van der Waals surface area contributed by atoms with Crippen LogP contribution in [0, 0.1) is 0 Å². The molecule has 3 heterocycles.